The molecule has 0 aromatic heterocycles. The van der Waals surface area contributed by atoms with Crippen LogP contribution in [0.15, 0.2) is 35.8 Å². The maximum Gasteiger partial charge on any atom is 0.492 e. The second kappa shape index (κ2) is 9.92. The van der Waals surface area contributed by atoms with E-state index in [-0.39, 0.29) is 6.54 Å². The number of carbonyl (C=O) groups is 2. The molecule has 0 unspecified atom stereocenters. The van der Waals surface area contributed by atoms with Gasteiger partial charge in [-0.25, -0.2) is 9.59 Å². The molecule has 1 aliphatic rings. The van der Waals surface area contributed by atoms with Crippen molar-refractivity contribution in [2.45, 2.75) is 65.3 Å². The van der Waals surface area contributed by atoms with Crippen molar-refractivity contribution < 1.29 is 28.4 Å². The van der Waals surface area contributed by atoms with Crippen molar-refractivity contribution in [3.8, 4) is 0 Å². The second-order valence-electron chi connectivity index (χ2n) is 9.69. The van der Waals surface area contributed by atoms with E-state index in [4.69, 9.17) is 14.0 Å². The molecular formula is C24H34BNO6. The van der Waals surface area contributed by atoms with Gasteiger partial charge in [0, 0.05) is 12.6 Å². The molecule has 1 aromatic rings. The van der Waals surface area contributed by atoms with Gasteiger partial charge in [-0.1, -0.05) is 30.3 Å². The molecule has 1 saturated heterocycles. The lowest BCUT2D eigenvalue weighted by molar-refractivity contribution is -0.134. The third kappa shape index (κ3) is 7.24. The number of hydrogen-bond acceptors (Lipinski definition) is 6. The smallest absolute Gasteiger partial charge is 0.466 e. The van der Waals surface area contributed by atoms with Crippen LogP contribution in [0.3, 0.4) is 0 Å². The zero-order valence-corrected chi connectivity index (χ0v) is 20.3. The van der Waals surface area contributed by atoms with E-state index in [0.29, 0.717) is 0 Å². The van der Waals surface area contributed by atoms with E-state index in [9.17, 15) is 9.59 Å². The minimum Gasteiger partial charge on any atom is -0.466 e. The summed E-state index contributed by atoms with van der Waals surface area (Å²) in [6, 6.07) is 7.59. The number of hydrogen-bond donors (Lipinski definition) is 1. The van der Waals surface area contributed by atoms with Crippen molar-refractivity contribution >= 4 is 31.3 Å². The number of nitrogens with one attached hydrogen (secondary N) is 1. The number of carbonyl (C=O) groups excluding carboxylic acids is 2. The molecule has 7 nitrogen and oxygen atoms in total. The Morgan fingerprint density at radius 2 is 1.56 bits per heavy atom. The van der Waals surface area contributed by atoms with Crippen molar-refractivity contribution in [2.24, 2.45) is 0 Å². The van der Waals surface area contributed by atoms with E-state index in [1.165, 1.54) is 13.2 Å². The summed E-state index contributed by atoms with van der Waals surface area (Å²) in [7, 11) is 0.720. The highest BCUT2D eigenvalue weighted by Crippen LogP contribution is 2.38. The molecule has 1 aromatic carbocycles. The van der Waals surface area contributed by atoms with E-state index in [1.54, 1.807) is 6.08 Å². The predicted octanol–water partition coefficient (Wildman–Crippen LogP) is 4.41. The molecule has 1 aliphatic heterocycles. The molecule has 2 rings (SSSR count). The first-order chi connectivity index (χ1) is 14.7. The number of benzene rings is 1. The molecule has 0 bridgehead atoms. The zero-order chi connectivity index (χ0) is 24.2. The molecule has 0 atom stereocenters. The topological polar surface area (TPSA) is 83.1 Å². The van der Waals surface area contributed by atoms with E-state index in [1.807, 2.05) is 78.8 Å². The van der Waals surface area contributed by atoms with Crippen molar-refractivity contribution in [3.63, 3.8) is 0 Å². The monoisotopic (exact) mass is 443 g/mol. The summed E-state index contributed by atoms with van der Waals surface area (Å²) in [5, 5.41) is 2.79. The van der Waals surface area contributed by atoms with Crippen LogP contribution >= 0.6 is 0 Å². The van der Waals surface area contributed by atoms with Gasteiger partial charge < -0.3 is 24.1 Å². The van der Waals surface area contributed by atoms with Gasteiger partial charge in [0.2, 0.25) is 0 Å². The Balaban J connectivity index is 2.24. The molecule has 0 spiro atoms. The largest absolute Gasteiger partial charge is 0.492 e. The quantitative estimate of drug-likeness (QED) is 0.398. The lowest BCUT2D eigenvalue weighted by atomic mass is 9.77. The van der Waals surface area contributed by atoms with E-state index >= 15 is 0 Å². The Bertz CT molecular complexity index is 865. The number of rotatable bonds is 6. The normalized spacial score (nSPS) is 18.0. The van der Waals surface area contributed by atoms with Crippen molar-refractivity contribution in [1.29, 1.82) is 0 Å². The number of esters is 1. The van der Waals surface area contributed by atoms with Crippen molar-refractivity contribution in [3.05, 3.63) is 46.9 Å². The molecule has 0 radical (unpaired) electrons. The summed E-state index contributed by atoms with van der Waals surface area (Å²) in [6.45, 7) is 13.6. The Labute approximate surface area is 191 Å². The third-order valence-corrected chi connectivity index (χ3v) is 5.29. The molecule has 1 fully saturated rings. The SMILES string of the molecule is COC(=O)/C=C/c1ccc(C=C(CNC(=O)OC(C)(C)C)B2OC(C)(C)C(C)(C)O2)cc1. The van der Waals surface area contributed by atoms with Gasteiger partial charge >= 0.3 is 19.2 Å². The fourth-order valence-corrected chi connectivity index (χ4v) is 2.83. The van der Waals surface area contributed by atoms with Gasteiger partial charge in [0.05, 0.1) is 18.3 Å². The van der Waals surface area contributed by atoms with Gasteiger partial charge in [-0.3, -0.25) is 0 Å². The van der Waals surface area contributed by atoms with Crippen LogP contribution in [0, 0.1) is 0 Å². The fraction of sp³-hybridized carbons (Fsp3) is 0.500. The summed E-state index contributed by atoms with van der Waals surface area (Å²) in [5.41, 5.74) is 0.905. The highest BCUT2D eigenvalue weighted by atomic mass is 16.7. The van der Waals surface area contributed by atoms with Crippen LogP contribution in [0.5, 0.6) is 0 Å². The average molecular weight is 443 g/mol. The first kappa shape index (κ1) is 25.7. The summed E-state index contributed by atoms with van der Waals surface area (Å²) in [4.78, 5) is 23.5. The van der Waals surface area contributed by atoms with Crippen LogP contribution in [-0.4, -0.2) is 49.6 Å². The van der Waals surface area contributed by atoms with Gasteiger partial charge in [-0.15, -0.1) is 0 Å². The van der Waals surface area contributed by atoms with Crippen molar-refractivity contribution in [2.75, 3.05) is 13.7 Å². The lowest BCUT2D eigenvalue weighted by Crippen LogP contribution is -2.41. The minimum atomic E-state index is -0.617. The van der Waals surface area contributed by atoms with Crippen LogP contribution < -0.4 is 5.32 Å². The predicted molar refractivity (Wildman–Crippen MR) is 126 cm³/mol. The van der Waals surface area contributed by atoms with Gasteiger partial charge in [0.15, 0.2) is 0 Å². The molecule has 1 heterocycles. The standard InChI is InChI=1S/C24H34BNO6/c1-22(2,3)30-21(28)26-16-19(25-31-23(4,5)24(6,7)32-25)15-18-11-9-17(10-12-18)13-14-20(27)29-8/h9-15H,16H2,1-8H3,(H,26,28)/b14-13+,19-15?. The third-order valence-electron chi connectivity index (χ3n) is 5.29. The highest BCUT2D eigenvalue weighted by molar-refractivity contribution is 6.56. The highest BCUT2D eigenvalue weighted by Gasteiger charge is 2.52. The van der Waals surface area contributed by atoms with Crippen LogP contribution in [0.1, 0.15) is 59.6 Å². The molecule has 0 saturated carbocycles. The first-order valence-electron chi connectivity index (χ1n) is 10.6. The van der Waals surface area contributed by atoms with E-state index in [2.05, 4.69) is 10.1 Å². The van der Waals surface area contributed by atoms with Gasteiger partial charge in [-0.05, 0) is 71.1 Å². The Morgan fingerprint density at radius 1 is 1.03 bits per heavy atom. The number of methoxy groups -OCH3 is 1. The molecule has 174 valence electrons. The Kier molecular flexibility index (Phi) is 7.96. The minimum absolute atomic E-state index is 0.204. The van der Waals surface area contributed by atoms with Crippen LogP contribution in [0.4, 0.5) is 4.79 Å². The number of amides is 1. The molecule has 8 heteroatoms. The maximum absolute atomic E-state index is 12.2. The molecule has 0 aliphatic carbocycles. The van der Waals surface area contributed by atoms with E-state index in [0.717, 1.165) is 16.6 Å². The van der Waals surface area contributed by atoms with Crippen molar-refractivity contribution in [1.82, 2.24) is 5.32 Å². The van der Waals surface area contributed by atoms with Crippen LogP contribution in [0.2, 0.25) is 0 Å². The van der Waals surface area contributed by atoms with Gasteiger partial charge in [0.25, 0.3) is 0 Å². The average Bonchev–Trinajstić information content (AvgIpc) is 2.89. The second-order valence-corrected chi connectivity index (χ2v) is 9.69. The molecule has 32 heavy (non-hydrogen) atoms. The number of ether oxygens (including phenoxy) is 2. The first-order valence-corrected chi connectivity index (χ1v) is 10.6. The summed E-state index contributed by atoms with van der Waals surface area (Å²) < 4.78 is 22.3. The fourth-order valence-electron chi connectivity index (χ4n) is 2.83. The number of alkyl carbamates (subject to hydrolysis) is 1. The molecule has 1 N–H and O–H groups in total. The maximum atomic E-state index is 12.2. The molecule has 1 amide bonds. The van der Waals surface area contributed by atoms with Crippen LogP contribution in [-0.2, 0) is 23.6 Å². The van der Waals surface area contributed by atoms with Gasteiger partial charge in [0.1, 0.15) is 5.60 Å². The zero-order valence-electron chi connectivity index (χ0n) is 20.3. The summed E-state index contributed by atoms with van der Waals surface area (Å²) in [5.74, 6) is -0.412. The van der Waals surface area contributed by atoms with E-state index < -0.39 is 36.0 Å². The summed E-state index contributed by atoms with van der Waals surface area (Å²) in [6.07, 6.45) is 4.46. The molecular weight excluding hydrogens is 409 g/mol. The lowest BCUT2D eigenvalue weighted by Gasteiger charge is -2.32. The van der Waals surface area contributed by atoms with Crippen LogP contribution in [0.25, 0.3) is 12.2 Å². The Hall–Kier alpha value is -2.58. The summed E-state index contributed by atoms with van der Waals surface area (Å²) >= 11 is 0. The van der Waals surface area contributed by atoms with Gasteiger partial charge in [-0.2, -0.15) is 0 Å². The Morgan fingerprint density at radius 3 is 2.06 bits per heavy atom.